The van der Waals surface area contributed by atoms with E-state index in [9.17, 15) is 0 Å². The van der Waals surface area contributed by atoms with Gasteiger partial charge in [0, 0.05) is 42.9 Å². The highest BCUT2D eigenvalue weighted by Gasteiger charge is 2.20. The Kier molecular flexibility index (Phi) is 4.53. The van der Waals surface area contributed by atoms with E-state index in [1.54, 1.807) is 17.1 Å². The number of benzene rings is 1. The molecule has 4 bridgehead atoms. The molecule has 0 saturated carbocycles. The quantitative estimate of drug-likeness (QED) is 0.415. The summed E-state index contributed by atoms with van der Waals surface area (Å²) >= 11 is 0. The predicted molar refractivity (Wildman–Crippen MR) is 125 cm³/mol. The number of hydrogen-bond acceptors (Lipinski definition) is 7. The van der Waals surface area contributed by atoms with Gasteiger partial charge in [0.15, 0.2) is 5.82 Å². The fourth-order valence-corrected chi connectivity index (χ4v) is 4.13. The van der Waals surface area contributed by atoms with Gasteiger partial charge < -0.3 is 10.1 Å². The normalized spacial score (nSPS) is 15.5. The summed E-state index contributed by atoms with van der Waals surface area (Å²) in [6, 6.07) is 14.1. The highest BCUT2D eigenvalue weighted by Crippen LogP contribution is 2.33. The molecule has 9 nitrogen and oxygen atoms in total. The Balaban J connectivity index is 1.51. The van der Waals surface area contributed by atoms with Gasteiger partial charge >= 0.3 is 0 Å². The third-order valence-electron chi connectivity index (χ3n) is 5.87. The van der Waals surface area contributed by atoms with Crippen molar-refractivity contribution in [1.82, 2.24) is 34.5 Å². The van der Waals surface area contributed by atoms with Crippen LogP contribution in [0.4, 0.5) is 11.6 Å². The second kappa shape index (κ2) is 7.70. The first-order chi connectivity index (χ1) is 16.2. The van der Waals surface area contributed by atoms with Crippen molar-refractivity contribution >= 4 is 22.5 Å². The topological polar surface area (TPSA) is 95.6 Å². The molecule has 5 aromatic rings. The zero-order valence-electron chi connectivity index (χ0n) is 18.3. The van der Waals surface area contributed by atoms with E-state index in [1.165, 1.54) is 0 Å². The SMILES string of the molecule is C[C@H]1CCOc2c(cnn2C)-c2nccc(n2)Nc2cc3c(cn2)c(-c2ccccc2)nn31. The molecule has 164 valence electrons. The zero-order chi connectivity index (χ0) is 22.4. The van der Waals surface area contributed by atoms with Crippen LogP contribution in [0.15, 0.2) is 61.1 Å². The van der Waals surface area contributed by atoms with Crippen molar-refractivity contribution in [2.24, 2.45) is 7.05 Å². The van der Waals surface area contributed by atoms with Gasteiger partial charge in [-0.3, -0.25) is 4.68 Å². The summed E-state index contributed by atoms with van der Waals surface area (Å²) in [6.07, 6.45) is 6.08. The van der Waals surface area contributed by atoms with E-state index < -0.39 is 0 Å². The smallest absolute Gasteiger partial charge is 0.222 e. The number of aryl methyl sites for hydroxylation is 1. The van der Waals surface area contributed by atoms with Gasteiger partial charge in [-0.15, -0.1) is 0 Å². The number of nitrogens with zero attached hydrogens (tertiary/aromatic N) is 7. The number of nitrogens with one attached hydrogen (secondary N) is 1. The first-order valence-corrected chi connectivity index (χ1v) is 10.9. The maximum Gasteiger partial charge on any atom is 0.222 e. The van der Waals surface area contributed by atoms with Crippen molar-refractivity contribution in [3.8, 4) is 28.5 Å². The Labute approximate surface area is 190 Å². The van der Waals surface area contributed by atoms with E-state index in [0.717, 1.165) is 34.1 Å². The molecule has 9 heteroatoms. The molecular weight excluding hydrogens is 416 g/mol. The van der Waals surface area contributed by atoms with Crippen LogP contribution in [-0.4, -0.2) is 41.1 Å². The lowest BCUT2D eigenvalue weighted by Gasteiger charge is -2.16. The highest BCUT2D eigenvalue weighted by molar-refractivity contribution is 5.94. The van der Waals surface area contributed by atoms with Crippen LogP contribution in [0.1, 0.15) is 19.4 Å². The first-order valence-electron chi connectivity index (χ1n) is 10.9. The van der Waals surface area contributed by atoms with Gasteiger partial charge in [-0.1, -0.05) is 30.3 Å². The average molecular weight is 438 g/mol. The molecule has 0 unspecified atom stereocenters. The first kappa shape index (κ1) is 19.4. The summed E-state index contributed by atoms with van der Waals surface area (Å²) in [5.41, 5.74) is 3.73. The minimum atomic E-state index is 0.105. The molecule has 1 N–H and O–H groups in total. The van der Waals surface area contributed by atoms with Crippen molar-refractivity contribution in [3.05, 3.63) is 61.1 Å². The maximum atomic E-state index is 6.16. The maximum absolute atomic E-state index is 6.16. The third-order valence-corrected chi connectivity index (χ3v) is 5.87. The number of ether oxygens (including phenoxy) is 1. The molecule has 0 spiro atoms. The molecule has 1 aliphatic rings. The van der Waals surface area contributed by atoms with Gasteiger partial charge in [-0.25, -0.2) is 19.6 Å². The van der Waals surface area contributed by atoms with E-state index in [0.29, 0.717) is 29.9 Å². The van der Waals surface area contributed by atoms with Gasteiger partial charge in [-0.05, 0) is 13.0 Å². The summed E-state index contributed by atoms with van der Waals surface area (Å²) in [5, 5.41) is 13.7. The van der Waals surface area contributed by atoms with Crippen LogP contribution in [0.3, 0.4) is 0 Å². The van der Waals surface area contributed by atoms with Crippen molar-refractivity contribution in [3.63, 3.8) is 0 Å². The van der Waals surface area contributed by atoms with Crippen LogP contribution in [0.2, 0.25) is 0 Å². The summed E-state index contributed by atoms with van der Waals surface area (Å²) in [7, 11) is 1.85. The van der Waals surface area contributed by atoms with Gasteiger partial charge in [0.25, 0.3) is 0 Å². The molecule has 4 aromatic heterocycles. The third kappa shape index (κ3) is 3.38. The van der Waals surface area contributed by atoms with Gasteiger partial charge in [-0.2, -0.15) is 10.2 Å². The molecule has 6 rings (SSSR count). The van der Waals surface area contributed by atoms with Crippen LogP contribution in [0, 0.1) is 0 Å². The molecule has 0 aliphatic carbocycles. The van der Waals surface area contributed by atoms with Gasteiger partial charge in [0.2, 0.25) is 5.88 Å². The number of pyridine rings is 1. The monoisotopic (exact) mass is 438 g/mol. The van der Waals surface area contributed by atoms with Crippen molar-refractivity contribution in [2.75, 3.05) is 11.9 Å². The number of hydrogen-bond donors (Lipinski definition) is 1. The highest BCUT2D eigenvalue weighted by atomic mass is 16.5. The van der Waals surface area contributed by atoms with Crippen molar-refractivity contribution in [2.45, 2.75) is 19.4 Å². The number of anilines is 2. The molecule has 0 saturated heterocycles. The van der Waals surface area contributed by atoms with Crippen molar-refractivity contribution < 1.29 is 4.74 Å². The molecule has 0 fully saturated rings. The van der Waals surface area contributed by atoms with Crippen LogP contribution in [0.25, 0.3) is 33.5 Å². The Morgan fingerprint density at radius 2 is 1.94 bits per heavy atom. The Bertz CT molecular complexity index is 1460. The second-order valence-electron chi connectivity index (χ2n) is 8.11. The number of aromatic nitrogens is 7. The molecule has 0 radical (unpaired) electrons. The van der Waals surface area contributed by atoms with E-state index in [1.807, 2.05) is 43.6 Å². The fraction of sp³-hybridized carbons (Fsp3) is 0.208. The number of fused-ring (bicyclic) bond motifs is 5. The van der Waals surface area contributed by atoms with Gasteiger partial charge in [0.05, 0.1) is 24.4 Å². The minimum absolute atomic E-state index is 0.105. The largest absolute Gasteiger partial charge is 0.477 e. The lowest BCUT2D eigenvalue weighted by atomic mass is 10.1. The van der Waals surface area contributed by atoms with E-state index >= 15 is 0 Å². The van der Waals surface area contributed by atoms with E-state index in [2.05, 4.69) is 49.1 Å². The summed E-state index contributed by atoms with van der Waals surface area (Å²) < 4.78 is 9.93. The molecule has 0 amide bonds. The lowest BCUT2D eigenvalue weighted by Crippen LogP contribution is -2.13. The Morgan fingerprint density at radius 3 is 2.82 bits per heavy atom. The molecule has 1 aromatic carbocycles. The fourth-order valence-electron chi connectivity index (χ4n) is 4.13. The Morgan fingerprint density at radius 1 is 1.06 bits per heavy atom. The van der Waals surface area contributed by atoms with Crippen LogP contribution < -0.4 is 10.1 Å². The predicted octanol–water partition coefficient (Wildman–Crippen LogP) is 4.38. The second-order valence-corrected chi connectivity index (χ2v) is 8.11. The zero-order valence-corrected chi connectivity index (χ0v) is 18.3. The molecular formula is C24H22N8O. The minimum Gasteiger partial charge on any atom is -0.477 e. The summed E-state index contributed by atoms with van der Waals surface area (Å²) in [6.45, 7) is 2.66. The molecule has 1 aliphatic heterocycles. The van der Waals surface area contributed by atoms with Crippen LogP contribution in [-0.2, 0) is 7.05 Å². The van der Waals surface area contributed by atoms with Crippen LogP contribution in [0.5, 0.6) is 5.88 Å². The molecule has 5 heterocycles. The van der Waals surface area contributed by atoms with E-state index in [-0.39, 0.29) is 6.04 Å². The lowest BCUT2D eigenvalue weighted by molar-refractivity contribution is 0.260. The standard InChI is InChI=1S/C24H22N8O/c1-15-9-11-33-24-18(14-27-31(24)2)23-25-10-8-20(29-23)28-21-12-19-17(13-26-21)22(30-32(15)19)16-6-4-3-5-7-16/h3-8,10,12-15H,9,11H2,1-2H3,(H,25,26,28,29)/t15-/m0/s1. The van der Waals surface area contributed by atoms with Crippen molar-refractivity contribution in [1.29, 1.82) is 0 Å². The van der Waals surface area contributed by atoms with Crippen LogP contribution >= 0.6 is 0 Å². The summed E-state index contributed by atoms with van der Waals surface area (Å²) in [5.74, 6) is 2.52. The Hall–Kier alpha value is -4.27. The molecule has 33 heavy (non-hydrogen) atoms. The van der Waals surface area contributed by atoms with Gasteiger partial charge in [0.1, 0.15) is 22.9 Å². The summed E-state index contributed by atoms with van der Waals surface area (Å²) in [4.78, 5) is 13.8. The average Bonchev–Trinajstić information content (AvgIpc) is 3.40. The van der Waals surface area contributed by atoms with E-state index in [4.69, 9.17) is 9.84 Å². The molecule has 1 atom stereocenters. The number of rotatable bonds is 1.